The Morgan fingerprint density at radius 1 is 1.44 bits per heavy atom. The largest absolute Gasteiger partial charge is 0.477 e. The Morgan fingerprint density at radius 2 is 2.17 bits per heavy atom. The Kier molecular flexibility index (Phi) is 4.15. The Bertz CT molecular complexity index is 416. The molecule has 0 radical (unpaired) electrons. The molecule has 0 bridgehead atoms. The molecule has 98 valence electrons. The SMILES string of the molecule is CN(CCN1CCCC1)c1cccc(C(=O)O)n1. The van der Waals surface area contributed by atoms with Gasteiger partial charge in [-0.15, -0.1) is 0 Å². The second kappa shape index (κ2) is 5.82. The van der Waals surface area contributed by atoms with Crippen LogP contribution in [0.3, 0.4) is 0 Å². The predicted octanol–water partition coefficient (Wildman–Crippen LogP) is 1.31. The highest BCUT2D eigenvalue weighted by molar-refractivity contribution is 5.85. The number of rotatable bonds is 5. The van der Waals surface area contributed by atoms with Gasteiger partial charge in [0.15, 0.2) is 5.69 Å². The van der Waals surface area contributed by atoms with Crippen molar-refractivity contribution >= 4 is 11.8 Å². The first-order chi connectivity index (χ1) is 8.66. The summed E-state index contributed by atoms with van der Waals surface area (Å²) in [6.07, 6.45) is 2.58. The predicted molar refractivity (Wildman–Crippen MR) is 70.1 cm³/mol. The van der Waals surface area contributed by atoms with E-state index in [9.17, 15) is 4.79 Å². The number of likely N-dealkylation sites (tertiary alicyclic amines) is 1. The van der Waals surface area contributed by atoms with Crippen LogP contribution in [0.4, 0.5) is 5.82 Å². The number of aromatic nitrogens is 1. The fraction of sp³-hybridized carbons (Fsp3) is 0.538. The molecule has 18 heavy (non-hydrogen) atoms. The summed E-state index contributed by atoms with van der Waals surface area (Å²) in [4.78, 5) is 19.4. The minimum Gasteiger partial charge on any atom is -0.477 e. The van der Waals surface area contributed by atoms with Gasteiger partial charge in [0.05, 0.1) is 0 Å². The summed E-state index contributed by atoms with van der Waals surface area (Å²) in [5.74, 6) is -0.265. The number of anilines is 1. The molecule has 1 aliphatic heterocycles. The van der Waals surface area contributed by atoms with E-state index in [-0.39, 0.29) is 5.69 Å². The molecular weight excluding hydrogens is 230 g/mol. The van der Waals surface area contributed by atoms with Gasteiger partial charge >= 0.3 is 5.97 Å². The summed E-state index contributed by atoms with van der Waals surface area (Å²) in [6, 6.07) is 5.09. The smallest absolute Gasteiger partial charge is 0.354 e. The molecule has 0 amide bonds. The number of hydrogen-bond acceptors (Lipinski definition) is 4. The van der Waals surface area contributed by atoms with Gasteiger partial charge in [0, 0.05) is 20.1 Å². The highest BCUT2D eigenvalue weighted by Gasteiger charge is 2.13. The molecule has 1 fully saturated rings. The van der Waals surface area contributed by atoms with Crippen molar-refractivity contribution in [3.05, 3.63) is 23.9 Å². The zero-order chi connectivity index (χ0) is 13.0. The van der Waals surface area contributed by atoms with E-state index in [4.69, 9.17) is 5.11 Å². The Balaban J connectivity index is 1.93. The Hall–Kier alpha value is -1.62. The van der Waals surface area contributed by atoms with Gasteiger partial charge in [-0.3, -0.25) is 0 Å². The van der Waals surface area contributed by atoms with Crippen molar-refractivity contribution in [3.63, 3.8) is 0 Å². The third kappa shape index (κ3) is 3.20. The van der Waals surface area contributed by atoms with Crippen LogP contribution >= 0.6 is 0 Å². The molecule has 0 atom stereocenters. The quantitative estimate of drug-likeness (QED) is 0.852. The molecule has 5 heteroatoms. The molecule has 0 spiro atoms. The minimum atomic E-state index is -0.982. The van der Waals surface area contributed by atoms with E-state index >= 15 is 0 Å². The minimum absolute atomic E-state index is 0.0977. The van der Waals surface area contributed by atoms with Crippen molar-refractivity contribution in [3.8, 4) is 0 Å². The van der Waals surface area contributed by atoms with E-state index in [1.165, 1.54) is 32.0 Å². The van der Waals surface area contributed by atoms with Gasteiger partial charge in [0.1, 0.15) is 5.82 Å². The van der Waals surface area contributed by atoms with Crippen LogP contribution < -0.4 is 4.90 Å². The summed E-state index contributed by atoms with van der Waals surface area (Å²) < 4.78 is 0. The van der Waals surface area contributed by atoms with E-state index in [2.05, 4.69) is 9.88 Å². The van der Waals surface area contributed by atoms with Crippen molar-refractivity contribution < 1.29 is 9.90 Å². The van der Waals surface area contributed by atoms with Gasteiger partial charge in [-0.1, -0.05) is 6.07 Å². The second-order valence-corrected chi connectivity index (χ2v) is 4.66. The maximum Gasteiger partial charge on any atom is 0.354 e. The first kappa shape index (κ1) is 12.8. The van der Waals surface area contributed by atoms with Crippen LogP contribution in [0.2, 0.25) is 0 Å². The lowest BCUT2D eigenvalue weighted by atomic mass is 10.3. The zero-order valence-corrected chi connectivity index (χ0v) is 10.7. The number of carboxylic acid groups (broad SMARTS) is 1. The number of aromatic carboxylic acids is 1. The molecular formula is C13H19N3O2. The number of hydrogen-bond donors (Lipinski definition) is 1. The number of nitrogens with zero attached hydrogens (tertiary/aromatic N) is 3. The topological polar surface area (TPSA) is 56.7 Å². The summed E-state index contributed by atoms with van der Waals surface area (Å²) in [7, 11) is 1.95. The van der Waals surface area contributed by atoms with Crippen molar-refractivity contribution in [2.45, 2.75) is 12.8 Å². The lowest BCUT2D eigenvalue weighted by Gasteiger charge is -2.22. The number of likely N-dealkylation sites (N-methyl/N-ethyl adjacent to an activating group) is 1. The van der Waals surface area contributed by atoms with E-state index < -0.39 is 5.97 Å². The van der Waals surface area contributed by atoms with Gasteiger partial charge in [0.2, 0.25) is 0 Å². The van der Waals surface area contributed by atoms with Gasteiger partial charge in [-0.05, 0) is 38.1 Å². The lowest BCUT2D eigenvalue weighted by Crippen LogP contribution is -2.31. The Morgan fingerprint density at radius 3 is 2.83 bits per heavy atom. The molecule has 2 heterocycles. The summed E-state index contributed by atoms with van der Waals surface area (Å²) in [5, 5.41) is 8.90. The fourth-order valence-corrected chi connectivity index (χ4v) is 2.17. The molecule has 1 saturated heterocycles. The molecule has 0 aromatic carbocycles. The average molecular weight is 249 g/mol. The van der Waals surface area contributed by atoms with Crippen LogP contribution in [0.5, 0.6) is 0 Å². The third-order valence-corrected chi connectivity index (χ3v) is 3.29. The summed E-state index contributed by atoms with van der Waals surface area (Å²) >= 11 is 0. The first-order valence-electron chi connectivity index (χ1n) is 6.30. The highest BCUT2D eigenvalue weighted by Crippen LogP contribution is 2.11. The summed E-state index contributed by atoms with van der Waals surface area (Å²) in [6.45, 7) is 4.23. The van der Waals surface area contributed by atoms with Crippen molar-refractivity contribution in [2.75, 3.05) is 38.1 Å². The van der Waals surface area contributed by atoms with Gasteiger partial charge in [-0.2, -0.15) is 0 Å². The van der Waals surface area contributed by atoms with Crippen molar-refractivity contribution in [2.24, 2.45) is 0 Å². The first-order valence-corrected chi connectivity index (χ1v) is 6.30. The van der Waals surface area contributed by atoms with E-state index in [1.807, 2.05) is 18.0 Å². The van der Waals surface area contributed by atoms with Gasteiger partial charge in [0.25, 0.3) is 0 Å². The average Bonchev–Trinajstić information content (AvgIpc) is 2.89. The van der Waals surface area contributed by atoms with Crippen molar-refractivity contribution in [1.29, 1.82) is 0 Å². The van der Waals surface area contributed by atoms with Crippen LogP contribution in [0, 0.1) is 0 Å². The van der Waals surface area contributed by atoms with Crippen LogP contribution in [0.15, 0.2) is 18.2 Å². The zero-order valence-electron chi connectivity index (χ0n) is 10.7. The van der Waals surface area contributed by atoms with E-state index in [0.29, 0.717) is 5.82 Å². The molecule has 0 saturated carbocycles. The molecule has 0 aliphatic carbocycles. The van der Waals surface area contributed by atoms with Crippen LogP contribution in [0.25, 0.3) is 0 Å². The number of carbonyl (C=O) groups is 1. The molecule has 5 nitrogen and oxygen atoms in total. The third-order valence-electron chi connectivity index (χ3n) is 3.29. The van der Waals surface area contributed by atoms with Gasteiger partial charge in [-0.25, -0.2) is 9.78 Å². The van der Waals surface area contributed by atoms with Crippen LogP contribution in [-0.4, -0.2) is 54.2 Å². The van der Waals surface area contributed by atoms with Crippen molar-refractivity contribution in [1.82, 2.24) is 9.88 Å². The molecule has 1 N–H and O–H groups in total. The maximum absolute atomic E-state index is 10.9. The van der Waals surface area contributed by atoms with Crippen LogP contribution in [-0.2, 0) is 0 Å². The van der Waals surface area contributed by atoms with E-state index in [0.717, 1.165) is 13.1 Å². The van der Waals surface area contributed by atoms with Crippen LogP contribution in [0.1, 0.15) is 23.3 Å². The highest BCUT2D eigenvalue weighted by atomic mass is 16.4. The summed E-state index contributed by atoms with van der Waals surface area (Å²) in [5.41, 5.74) is 0.0977. The Labute approximate surface area is 107 Å². The number of carboxylic acids is 1. The van der Waals surface area contributed by atoms with Gasteiger partial charge < -0.3 is 14.9 Å². The molecule has 1 aliphatic rings. The normalized spacial score (nSPS) is 15.8. The fourth-order valence-electron chi connectivity index (χ4n) is 2.17. The molecule has 1 aromatic rings. The standard InChI is InChI=1S/C13H19N3O2/c1-15(9-10-16-7-2-3-8-16)12-6-4-5-11(14-12)13(17)18/h4-6H,2-3,7-10H2,1H3,(H,17,18). The maximum atomic E-state index is 10.9. The second-order valence-electron chi connectivity index (χ2n) is 4.66. The lowest BCUT2D eigenvalue weighted by molar-refractivity contribution is 0.0690. The van der Waals surface area contributed by atoms with E-state index in [1.54, 1.807) is 6.07 Å². The monoisotopic (exact) mass is 249 g/mol. The molecule has 2 rings (SSSR count). The number of pyridine rings is 1. The molecule has 1 aromatic heterocycles. The molecule has 0 unspecified atom stereocenters.